The second-order valence-electron chi connectivity index (χ2n) is 7.48. The lowest BCUT2D eigenvalue weighted by Gasteiger charge is -2.29. The number of nitrogens with one attached hydrogen (secondary N) is 1. The molecule has 3 aromatic rings. The average molecular weight is 448 g/mol. The maximum atomic E-state index is 12.8. The Morgan fingerprint density at radius 1 is 1.12 bits per heavy atom. The number of hydrogen-bond acceptors (Lipinski definition) is 6. The lowest BCUT2D eigenvalue weighted by atomic mass is 10.1. The van der Waals surface area contributed by atoms with Gasteiger partial charge in [0.05, 0.1) is 18.5 Å². The topological polar surface area (TPSA) is 98.1 Å². The van der Waals surface area contributed by atoms with E-state index in [9.17, 15) is 14.4 Å². The van der Waals surface area contributed by atoms with E-state index in [-0.39, 0.29) is 43.9 Å². The molecule has 0 aliphatic carbocycles. The minimum Gasteiger partial charge on any atom is -0.485 e. The molecule has 4 rings (SSSR count). The quantitative estimate of drug-likeness (QED) is 0.505. The summed E-state index contributed by atoms with van der Waals surface area (Å²) in [4.78, 5) is 39.0. The summed E-state index contributed by atoms with van der Waals surface area (Å²) in [6.07, 6.45) is 2.31. The molecule has 8 heteroatoms. The number of para-hydroxylation sites is 1. The third kappa shape index (κ3) is 5.23. The summed E-state index contributed by atoms with van der Waals surface area (Å²) in [6.45, 7) is 1.71. The Labute approximate surface area is 191 Å². The van der Waals surface area contributed by atoms with Gasteiger partial charge in [-0.25, -0.2) is 0 Å². The van der Waals surface area contributed by atoms with Crippen LogP contribution >= 0.6 is 0 Å². The summed E-state index contributed by atoms with van der Waals surface area (Å²) in [6, 6.07) is 15.8. The molecule has 8 nitrogen and oxygen atoms in total. The van der Waals surface area contributed by atoms with Gasteiger partial charge < -0.3 is 19.2 Å². The maximum absolute atomic E-state index is 12.8. The Hall–Kier alpha value is -4.07. The Morgan fingerprint density at radius 3 is 2.76 bits per heavy atom. The van der Waals surface area contributed by atoms with Crippen LogP contribution in [0.5, 0.6) is 11.5 Å². The second-order valence-corrected chi connectivity index (χ2v) is 7.48. The first-order valence-corrected chi connectivity index (χ1v) is 10.7. The summed E-state index contributed by atoms with van der Waals surface area (Å²) in [5.74, 6) is 0.734. The minimum absolute atomic E-state index is 0.145. The van der Waals surface area contributed by atoms with Gasteiger partial charge in [-0.3, -0.25) is 19.3 Å². The van der Waals surface area contributed by atoms with E-state index in [0.29, 0.717) is 28.5 Å². The SMILES string of the molecule is CCc1ccccc1OCC(=O)c1ccc2c(c1)N(CC(=O)NCc1ccco1)C(=O)CO2. The van der Waals surface area contributed by atoms with E-state index >= 15 is 0 Å². The van der Waals surface area contributed by atoms with Crippen LogP contribution in [0.25, 0.3) is 0 Å². The molecular weight excluding hydrogens is 424 g/mol. The molecule has 1 N–H and O–H groups in total. The number of carbonyl (C=O) groups excluding carboxylic acids is 3. The Morgan fingerprint density at radius 2 is 1.97 bits per heavy atom. The zero-order chi connectivity index (χ0) is 23.2. The number of hydrogen-bond donors (Lipinski definition) is 1. The summed E-state index contributed by atoms with van der Waals surface area (Å²) in [7, 11) is 0. The normalized spacial score (nSPS) is 12.6. The number of anilines is 1. The largest absolute Gasteiger partial charge is 0.485 e. The van der Waals surface area contributed by atoms with Crippen LogP contribution in [0.4, 0.5) is 5.69 Å². The Balaban J connectivity index is 1.45. The molecule has 1 aromatic heterocycles. The zero-order valence-corrected chi connectivity index (χ0v) is 18.2. The number of fused-ring (bicyclic) bond motifs is 1. The van der Waals surface area contributed by atoms with Crippen LogP contribution in [0.3, 0.4) is 0 Å². The van der Waals surface area contributed by atoms with Gasteiger partial charge >= 0.3 is 0 Å². The highest BCUT2D eigenvalue weighted by Crippen LogP contribution is 2.33. The van der Waals surface area contributed by atoms with E-state index in [1.165, 1.54) is 11.2 Å². The van der Waals surface area contributed by atoms with Crippen LogP contribution in [0.15, 0.2) is 65.3 Å². The molecule has 170 valence electrons. The van der Waals surface area contributed by atoms with Crippen LogP contribution in [-0.4, -0.2) is 37.4 Å². The van der Waals surface area contributed by atoms with Crippen molar-refractivity contribution in [1.82, 2.24) is 5.32 Å². The smallest absolute Gasteiger partial charge is 0.265 e. The summed E-state index contributed by atoms with van der Waals surface area (Å²) < 4.78 is 16.4. The first-order chi connectivity index (χ1) is 16.0. The number of amides is 2. The molecule has 0 fully saturated rings. The van der Waals surface area contributed by atoms with Crippen LogP contribution in [0.1, 0.15) is 28.6 Å². The molecule has 0 atom stereocenters. The third-order valence-corrected chi connectivity index (χ3v) is 5.28. The van der Waals surface area contributed by atoms with Crippen molar-refractivity contribution in [2.75, 3.05) is 24.7 Å². The zero-order valence-electron chi connectivity index (χ0n) is 18.2. The van der Waals surface area contributed by atoms with Gasteiger partial charge in [-0.1, -0.05) is 25.1 Å². The van der Waals surface area contributed by atoms with Crippen molar-refractivity contribution >= 4 is 23.3 Å². The van der Waals surface area contributed by atoms with Crippen LogP contribution in [-0.2, 0) is 22.6 Å². The number of furan rings is 1. The van der Waals surface area contributed by atoms with Gasteiger partial charge in [-0.15, -0.1) is 0 Å². The van der Waals surface area contributed by atoms with E-state index in [1.807, 2.05) is 31.2 Å². The van der Waals surface area contributed by atoms with E-state index < -0.39 is 0 Å². The van der Waals surface area contributed by atoms with Gasteiger partial charge in [0.25, 0.3) is 5.91 Å². The van der Waals surface area contributed by atoms with Gasteiger partial charge in [0.1, 0.15) is 23.8 Å². The van der Waals surface area contributed by atoms with E-state index in [1.54, 1.807) is 30.3 Å². The van der Waals surface area contributed by atoms with Crippen molar-refractivity contribution in [1.29, 1.82) is 0 Å². The maximum Gasteiger partial charge on any atom is 0.265 e. The average Bonchev–Trinajstić information content (AvgIpc) is 3.36. The molecule has 0 saturated carbocycles. The van der Waals surface area contributed by atoms with Gasteiger partial charge in [0, 0.05) is 5.56 Å². The predicted octanol–water partition coefficient (Wildman–Crippen LogP) is 3.15. The highest BCUT2D eigenvalue weighted by atomic mass is 16.5. The number of carbonyl (C=O) groups is 3. The second kappa shape index (κ2) is 10.0. The van der Waals surface area contributed by atoms with Gasteiger partial charge in [-0.05, 0) is 48.4 Å². The molecule has 0 radical (unpaired) electrons. The molecule has 2 aromatic carbocycles. The number of rotatable bonds is 9. The lowest BCUT2D eigenvalue weighted by Crippen LogP contribution is -2.45. The van der Waals surface area contributed by atoms with Crippen molar-refractivity contribution in [2.24, 2.45) is 0 Å². The molecule has 1 aliphatic heterocycles. The summed E-state index contributed by atoms with van der Waals surface area (Å²) >= 11 is 0. The molecule has 0 unspecified atom stereocenters. The predicted molar refractivity (Wildman–Crippen MR) is 120 cm³/mol. The number of ether oxygens (including phenoxy) is 2. The molecule has 0 saturated heterocycles. The summed E-state index contributed by atoms with van der Waals surface area (Å²) in [5.41, 5.74) is 1.75. The van der Waals surface area contributed by atoms with E-state index in [0.717, 1.165) is 12.0 Å². The van der Waals surface area contributed by atoms with E-state index in [2.05, 4.69) is 5.32 Å². The standard InChI is InChI=1S/C25H24N2O6/c1-2-17-6-3-4-8-22(17)32-15-21(28)18-9-10-23-20(12-18)27(25(30)16-33-23)14-24(29)26-13-19-7-5-11-31-19/h3-12H,2,13-16H2,1H3,(H,26,29). The van der Waals surface area contributed by atoms with Gasteiger partial charge in [0.2, 0.25) is 5.91 Å². The monoisotopic (exact) mass is 448 g/mol. The minimum atomic E-state index is -0.367. The number of benzene rings is 2. The third-order valence-electron chi connectivity index (χ3n) is 5.28. The van der Waals surface area contributed by atoms with Crippen LogP contribution in [0.2, 0.25) is 0 Å². The fraction of sp³-hybridized carbons (Fsp3) is 0.240. The summed E-state index contributed by atoms with van der Waals surface area (Å²) in [5, 5.41) is 2.72. The fourth-order valence-electron chi connectivity index (χ4n) is 3.51. The molecule has 0 bridgehead atoms. The molecule has 2 heterocycles. The molecule has 0 spiro atoms. The molecule has 2 amide bonds. The Bertz CT molecular complexity index is 1160. The van der Waals surface area contributed by atoms with Crippen molar-refractivity contribution in [3.05, 3.63) is 77.7 Å². The van der Waals surface area contributed by atoms with Crippen LogP contribution in [0, 0.1) is 0 Å². The highest BCUT2D eigenvalue weighted by Gasteiger charge is 2.28. The Kier molecular flexibility index (Phi) is 6.73. The number of aryl methyl sites for hydroxylation is 1. The molecule has 33 heavy (non-hydrogen) atoms. The fourth-order valence-corrected chi connectivity index (χ4v) is 3.51. The van der Waals surface area contributed by atoms with E-state index in [4.69, 9.17) is 13.9 Å². The first kappa shape index (κ1) is 22.1. The van der Waals surface area contributed by atoms with Crippen molar-refractivity contribution in [3.63, 3.8) is 0 Å². The number of Topliss-reactive ketones (excluding diaryl/α,β-unsaturated/α-hetero) is 1. The van der Waals surface area contributed by atoms with Crippen LogP contribution < -0.4 is 19.7 Å². The first-order valence-electron chi connectivity index (χ1n) is 10.7. The van der Waals surface area contributed by atoms with Crippen molar-refractivity contribution < 1.29 is 28.3 Å². The van der Waals surface area contributed by atoms with Gasteiger partial charge in [0.15, 0.2) is 19.0 Å². The number of nitrogens with zero attached hydrogens (tertiary/aromatic N) is 1. The number of ketones is 1. The van der Waals surface area contributed by atoms with Gasteiger partial charge in [-0.2, -0.15) is 0 Å². The van der Waals surface area contributed by atoms with Crippen molar-refractivity contribution in [3.8, 4) is 11.5 Å². The van der Waals surface area contributed by atoms with Crippen molar-refractivity contribution in [2.45, 2.75) is 19.9 Å². The highest BCUT2D eigenvalue weighted by molar-refractivity contribution is 6.04. The molecule has 1 aliphatic rings. The lowest BCUT2D eigenvalue weighted by molar-refractivity contribution is -0.125. The molecular formula is C25H24N2O6.